The number of ether oxygens (including phenoxy) is 1. The number of rotatable bonds is 2. The van der Waals surface area contributed by atoms with Gasteiger partial charge in [-0.1, -0.05) is 0 Å². The van der Waals surface area contributed by atoms with E-state index in [0.717, 1.165) is 12.3 Å². The number of amides is 1. The predicted molar refractivity (Wildman–Crippen MR) is 62.3 cm³/mol. The molecule has 106 valence electrons. The van der Waals surface area contributed by atoms with Gasteiger partial charge in [-0.05, 0) is 32.4 Å². The summed E-state index contributed by atoms with van der Waals surface area (Å²) in [7, 11) is 0. The maximum absolute atomic E-state index is 12.4. The number of alkyl carbamates (subject to hydrolysis) is 1. The van der Waals surface area contributed by atoms with Gasteiger partial charge in [0.15, 0.2) is 0 Å². The molecule has 0 bridgehead atoms. The van der Waals surface area contributed by atoms with E-state index < -0.39 is 23.4 Å². The van der Waals surface area contributed by atoms with Gasteiger partial charge >= 0.3 is 12.3 Å². The molecule has 0 spiro atoms. The summed E-state index contributed by atoms with van der Waals surface area (Å²) in [4.78, 5) is 14.8. The molecule has 1 aromatic heterocycles. The van der Waals surface area contributed by atoms with Crippen LogP contribution in [0.5, 0.6) is 0 Å². The second-order valence-electron chi connectivity index (χ2n) is 4.94. The van der Waals surface area contributed by atoms with Crippen LogP contribution in [-0.2, 0) is 17.5 Å². The average molecular weight is 276 g/mol. The highest BCUT2D eigenvalue weighted by Gasteiger charge is 2.31. The molecule has 19 heavy (non-hydrogen) atoms. The molecule has 0 aliphatic rings. The minimum Gasteiger partial charge on any atom is -0.444 e. The van der Waals surface area contributed by atoms with E-state index in [-0.39, 0.29) is 12.1 Å². The van der Waals surface area contributed by atoms with Gasteiger partial charge in [0.05, 0.1) is 5.56 Å². The molecule has 4 nitrogen and oxygen atoms in total. The Bertz CT molecular complexity index is 453. The Morgan fingerprint density at radius 1 is 1.32 bits per heavy atom. The van der Waals surface area contributed by atoms with Crippen molar-refractivity contribution in [3.8, 4) is 0 Å². The second-order valence-corrected chi connectivity index (χ2v) is 4.94. The predicted octanol–water partition coefficient (Wildman–Crippen LogP) is 3.13. The van der Waals surface area contributed by atoms with Gasteiger partial charge in [-0.3, -0.25) is 4.98 Å². The lowest BCUT2D eigenvalue weighted by Gasteiger charge is -2.19. The minimum atomic E-state index is -4.45. The van der Waals surface area contributed by atoms with Crippen molar-refractivity contribution in [2.75, 3.05) is 0 Å². The van der Waals surface area contributed by atoms with E-state index in [4.69, 9.17) is 4.74 Å². The molecular weight excluding hydrogens is 261 g/mol. The molecule has 0 saturated carbocycles. The van der Waals surface area contributed by atoms with Crippen LogP contribution in [0.2, 0.25) is 0 Å². The Labute approximate surface area is 109 Å². The van der Waals surface area contributed by atoms with E-state index in [9.17, 15) is 18.0 Å². The first-order chi connectivity index (χ1) is 8.58. The molecule has 1 N–H and O–H groups in total. The quantitative estimate of drug-likeness (QED) is 0.902. The van der Waals surface area contributed by atoms with Crippen LogP contribution in [-0.4, -0.2) is 16.7 Å². The smallest absolute Gasteiger partial charge is 0.417 e. The molecule has 1 amide bonds. The monoisotopic (exact) mass is 276 g/mol. The first-order valence-corrected chi connectivity index (χ1v) is 5.56. The number of hydrogen-bond acceptors (Lipinski definition) is 3. The number of halogens is 3. The maximum Gasteiger partial charge on any atom is 0.417 e. The lowest BCUT2D eigenvalue weighted by molar-refractivity contribution is -0.137. The van der Waals surface area contributed by atoms with E-state index in [1.54, 1.807) is 20.8 Å². The molecule has 0 fully saturated rings. The third-order valence-electron chi connectivity index (χ3n) is 1.96. The summed E-state index contributed by atoms with van der Waals surface area (Å²) in [6.07, 6.45) is -3.15. The molecule has 0 saturated heterocycles. The molecule has 0 unspecified atom stereocenters. The minimum absolute atomic E-state index is 0.0775. The summed E-state index contributed by atoms with van der Waals surface area (Å²) in [5.74, 6) is 0. The molecule has 0 aliphatic heterocycles. The fraction of sp³-hybridized carbons (Fsp3) is 0.500. The van der Waals surface area contributed by atoms with Crippen LogP contribution in [0.3, 0.4) is 0 Å². The number of hydrogen-bond donors (Lipinski definition) is 1. The Morgan fingerprint density at radius 2 is 1.95 bits per heavy atom. The molecule has 1 aromatic rings. The highest BCUT2D eigenvalue weighted by molar-refractivity contribution is 5.67. The zero-order chi connectivity index (χ0) is 14.7. The number of alkyl halides is 3. The van der Waals surface area contributed by atoms with Crippen molar-refractivity contribution in [3.63, 3.8) is 0 Å². The van der Waals surface area contributed by atoms with Crippen LogP contribution in [0.25, 0.3) is 0 Å². The van der Waals surface area contributed by atoms with Gasteiger partial charge in [0, 0.05) is 18.9 Å². The van der Waals surface area contributed by atoms with E-state index in [0.29, 0.717) is 0 Å². The Morgan fingerprint density at radius 3 is 2.47 bits per heavy atom. The fourth-order valence-electron chi connectivity index (χ4n) is 1.23. The zero-order valence-corrected chi connectivity index (χ0v) is 10.8. The van der Waals surface area contributed by atoms with Crippen LogP contribution < -0.4 is 5.32 Å². The lowest BCUT2D eigenvalue weighted by Crippen LogP contribution is -2.32. The first-order valence-electron chi connectivity index (χ1n) is 5.56. The van der Waals surface area contributed by atoms with E-state index in [1.807, 2.05) is 0 Å². The van der Waals surface area contributed by atoms with Gasteiger partial charge < -0.3 is 10.1 Å². The van der Waals surface area contributed by atoms with Gasteiger partial charge in [-0.15, -0.1) is 0 Å². The summed E-state index contributed by atoms with van der Waals surface area (Å²) >= 11 is 0. The first kappa shape index (κ1) is 15.3. The van der Waals surface area contributed by atoms with Gasteiger partial charge in [0.2, 0.25) is 0 Å². The third kappa shape index (κ3) is 5.58. The van der Waals surface area contributed by atoms with Gasteiger partial charge in [-0.2, -0.15) is 13.2 Å². The van der Waals surface area contributed by atoms with Gasteiger partial charge in [0.1, 0.15) is 5.60 Å². The average Bonchev–Trinajstić information content (AvgIpc) is 2.23. The largest absolute Gasteiger partial charge is 0.444 e. The molecule has 1 rings (SSSR count). The summed E-state index contributed by atoms with van der Waals surface area (Å²) in [5.41, 5.74) is -1.26. The lowest BCUT2D eigenvalue weighted by atomic mass is 10.2. The number of nitrogens with one attached hydrogen (secondary N) is 1. The van der Waals surface area contributed by atoms with Crippen LogP contribution in [0.15, 0.2) is 18.5 Å². The Kier molecular flexibility index (Phi) is 4.39. The standard InChI is InChI=1S/C12H15F3N2O2/c1-11(2,3)19-10(18)17-6-8-4-9(7-16-5-8)12(13,14)15/h4-5,7H,6H2,1-3H3,(H,17,18). The van der Waals surface area contributed by atoms with Gasteiger partial charge in [0.25, 0.3) is 0 Å². The van der Waals surface area contributed by atoms with Crippen molar-refractivity contribution in [3.05, 3.63) is 29.6 Å². The second kappa shape index (κ2) is 5.46. The summed E-state index contributed by atoms with van der Waals surface area (Å²) in [6.45, 7) is 5.00. The van der Waals surface area contributed by atoms with Crippen molar-refractivity contribution >= 4 is 6.09 Å². The third-order valence-corrected chi connectivity index (χ3v) is 1.96. The fourth-order valence-corrected chi connectivity index (χ4v) is 1.23. The molecule has 0 aliphatic carbocycles. The molecule has 0 atom stereocenters. The van der Waals surface area contributed by atoms with Crippen LogP contribution in [0.1, 0.15) is 31.9 Å². The summed E-state index contributed by atoms with van der Waals surface area (Å²) < 4.78 is 42.3. The van der Waals surface area contributed by atoms with Crippen LogP contribution >= 0.6 is 0 Å². The van der Waals surface area contributed by atoms with Crippen LogP contribution in [0, 0.1) is 0 Å². The van der Waals surface area contributed by atoms with Crippen molar-refractivity contribution < 1.29 is 22.7 Å². The topological polar surface area (TPSA) is 51.2 Å². The SMILES string of the molecule is CC(C)(C)OC(=O)NCc1cncc(C(F)(F)F)c1. The summed E-state index contributed by atoms with van der Waals surface area (Å²) in [5, 5.41) is 2.37. The molecular formula is C12H15F3N2O2. The van der Waals surface area contributed by atoms with Crippen LogP contribution in [0.4, 0.5) is 18.0 Å². The number of carbonyl (C=O) groups excluding carboxylic acids is 1. The molecule has 7 heteroatoms. The Balaban J connectivity index is 2.62. The van der Waals surface area contributed by atoms with E-state index in [1.165, 1.54) is 6.20 Å². The molecule has 0 radical (unpaired) electrons. The number of pyridine rings is 1. The molecule has 1 heterocycles. The number of aromatic nitrogens is 1. The highest BCUT2D eigenvalue weighted by atomic mass is 19.4. The number of nitrogens with zero attached hydrogens (tertiary/aromatic N) is 1. The maximum atomic E-state index is 12.4. The summed E-state index contributed by atoms with van der Waals surface area (Å²) in [6, 6.07) is 0.935. The highest BCUT2D eigenvalue weighted by Crippen LogP contribution is 2.28. The van der Waals surface area contributed by atoms with Crippen molar-refractivity contribution in [2.24, 2.45) is 0 Å². The van der Waals surface area contributed by atoms with E-state index >= 15 is 0 Å². The van der Waals surface area contributed by atoms with Crippen molar-refractivity contribution in [1.82, 2.24) is 10.3 Å². The molecule has 0 aromatic carbocycles. The van der Waals surface area contributed by atoms with E-state index in [2.05, 4.69) is 10.3 Å². The van der Waals surface area contributed by atoms with Gasteiger partial charge in [-0.25, -0.2) is 4.79 Å². The van der Waals surface area contributed by atoms with Crippen molar-refractivity contribution in [2.45, 2.75) is 39.1 Å². The van der Waals surface area contributed by atoms with Crippen molar-refractivity contribution in [1.29, 1.82) is 0 Å². The number of carbonyl (C=O) groups is 1. The zero-order valence-electron chi connectivity index (χ0n) is 10.8. The Hall–Kier alpha value is -1.79. The normalized spacial score (nSPS) is 12.1.